The van der Waals surface area contributed by atoms with E-state index in [1.807, 2.05) is 26.2 Å². The third-order valence-corrected chi connectivity index (χ3v) is 3.55. The van der Waals surface area contributed by atoms with Crippen molar-refractivity contribution in [2.24, 2.45) is 0 Å². The third kappa shape index (κ3) is 5.05. The van der Waals surface area contributed by atoms with E-state index in [4.69, 9.17) is 4.74 Å². The molecule has 0 aromatic heterocycles. The van der Waals surface area contributed by atoms with Crippen molar-refractivity contribution in [3.8, 4) is 5.75 Å². The molecule has 0 radical (unpaired) electrons. The van der Waals surface area contributed by atoms with E-state index in [0.29, 0.717) is 6.61 Å². The van der Waals surface area contributed by atoms with Gasteiger partial charge >= 0.3 is 0 Å². The number of ether oxygens (including phenoxy) is 1. The first-order valence-corrected chi connectivity index (χ1v) is 7.82. The Bertz CT molecular complexity index is 585. The smallest absolute Gasteiger partial charge is 0.119 e. The molecule has 0 amide bonds. The van der Waals surface area contributed by atoms with Gasteiger partial charge in [0.2, 0.25) is 0 Å². The lowest BCUT2D eigenvalue weighted by Gasteiger charge is -2.11. The monoisotopic (exact) mass is 295 g/mol. The lowest BCUT2D eigenvalue weighted by molar-refractivity contribution is 0.261. The molecule has 0 bridgehead atoms. The summed E-state index contributed by atoms with van der Waals surface area (Å²) in [6, 6.07) is 18.9. The Hall–Kier alpha value is -2.06. The topological polar surface area (TPSA) is 12.5 Å². The Kier molecular flexibility index (Phi) is 6.23. The van der Waals surface area contributed by atoms with Crippen LogP contribution in [0.3, 0.4) is 0 Å². The number of likely N-dealkylation sites (N-methyl/N-ethyl adjacent to an activating group) is 1. The van der Waals surface area contributed by atoms with Gasteiger partial charge in [0.15, 0.2) is 0 Å². The van der Waals surface area contributed by atoms with Gasteiger partial charge in [0.25, 0.3) is 0 Å². The molecule has 0 aliphatic carbocycles. The van der Waals surface area contributed by atoms with Gasteiger partial charge in [-0.2, -0.15) is 0 Å². The molecule has 0 aliphatic rings. The summed E-state index contributed by atoms with van der Waals surface area (Å²) in [5.74, 6) is 0.928. The molecule has 0 N–H and O–H groups in total. The second-order valence-electron chi connectivity index (χ2n) is 5.61. The molecule has 2 aromatic rings. The predicted octanol–water partition coefficient (Wildman–Crippen LogP) is 4.58. The van der Waals surface area contributed by atoms with Gasteiger partial charge in [0, 0.05) is 6.54 Å². The molecule has 0 fully saturated rings. The van der Waals surface area contributed by atoms with Crippen LogP contribution in [0.4, 0.5) is 0 Å². The number of allylic oxidation sites excluding steroid dienone is 1. The number of hydrogen-bond donors (Lipinski definition) is 0. The molecule has 22 heavy (non-hydrogen) atoms. The number of nitrogens with zero attached hydrogens (tertiary/aromatic N) is 1. The first-order chi connectivity index (χ1) is 10.7. The van der Waals surface area contributed by atoms with Crippen molar-refractivity contribution < 1.29 is 4.74 Å². The quantitative estimate of drug-likeness (QED) is 0.693. The molecule has 0 saturated heterocycles. The number of benzene rings is 2. The van der Waals surface area contributed by atoms with Crippen LogP contribution >= 0.6 is 0 Å². The van der Waals surface area contributed by atoms with Crippen LogP contribution in [0.2, 0.25) is 0 Å². The minimum atomic E-state index is 0.715. The van der Waals surface area contributed by atoms with Gasteiger partial charge in [0.1, 0.15) is 12.4 Å². The van der Waals surface area contributed by atoms with Crippen molar-refractivity contribution >= 4 is 11.6 Å². The van der Waals surface area contributed by atoms with E-state index in [1.54, 1.807) is 0 Å². The summed E-state index contributed by atoms with van der Waals surface area (Å²) in [6.45, 7) is 3.83. The van der Waals surface area contributed by atoms with Crippen LogP contribution in [0.25, 0.3) is 11.6 Å². The SMILES string of the molecule is CC/C(=C\c1ccc(OCCN(C)C)cc1)c1ccccc1. The molecule has 0 atom stereocenters. The summed E-state index contributed by atoms with van der Waals surface area (Å²) in [4.78, 5) is 2.12. The van der Waals surface area contributed by atoms with Crippen molar-refractivity contribution in [2.75, 3.05) is 27.2 Å². The average Bonchev–Trinajstić information content (AvgIpc) is 2.54. The van der Waals surface area contributed by atoms with Gasteiger partial charge in [0.05, 0.1) is 0 Å². The van der Waals surface area contributed by atoms with Crippen LogP contribution < -0.4 is 4.74 Å². The standard InChI is InChI=1S/C20H25NO/c1-4-18(19-8-6-5-7-9-19)16-17-10-12-20(13-11-17)22-15-14-21(2)3/h5-13,16H,4,14-15H2,1-3H3/b18-16+. The van der Waals surface area contributed by atoms with Crippen LogP contribution in [0.15, 0.2) is 54.6 Å². The van der Waals surface area contributed by atoms with Gasteiger partial charge < -0.3 is 9.64 Å². The molecule has 0 unspecified atom stereocenters. The van der Waals surface area contributed by atoms with E-state index < -0.39 is 0 Å². The zero-order valence-electron chi connectivity index (χ0n) is 13.8. The summed E-state index contributed by atoms with van der Waals surface area (Å²) in [6.07, 6.45) is 3.27. The maximum Gasteiger partial charge on any atom is 0.119 e. The second kappa shape index (κ2) is 8.40. The number of rotatable bonds is 7. The molecule has 2 heteroatoms. The summed E-state index contributed by atoms with van der Waals surface area (Å²) in [5, 5.41) is 0. The molecule has 0 saturated carbocycles. The van der Waals surface area contributed by atoms with E-state index in [9.17, 15) is 0 Å². The van der Waals surface area contributed by atoms with Gasteiger partial charge in [-0.05, 0) is 49.3 Å². The Morgan fingerprint density at radius 3 is 2.27 bits per heavy atom. The maximum absolute atomic E-state index is 5.73. The second-order valence-corrected chi connectivity index (χ2v) is 5.61. The lowest BCUT2D eigenvalue weighted by Crippen LogP contribution is -2.19. The molecule has 0 heterocycles. The molecule has 2 nitrogen and oxygen atoms in total. The summed E-state index contributed by atoms with van der Waals surface area (Å²) in [7, 11) is 4.10. The molecular formula is C20H25NO. The largest absolute Gasteiger partial charge is 0.492 e. The minimum Gasteiger partial charge on any atom is -0.492 e. The first kappa shape index (κ1) is 16.3. The Labute approximate surface area is 134 Å². The molecule has 2 aromatic carbocycles. The van der Waals surface area contributed by atoms with Crippen LogP contribution in [-0.2, 0) is 0 Å². The summed E-state index contributed by atoms with van der Waals surface area (Å²) >= 11 is 0. The highest BCUT2D eigenvalue weighted by molar-refractivity contribution is 5.81. The van der Waals surface area contributed by atoms with Gasteiger partial charge in [-0.25, -0.2) is 0 Å². The Morgan fingerprint density at radius 2 is 1.68 bits per heavy atom. The van der Waals surface area contributed by atoms with Crippen molar-refractivity contribution in [1.29, 1.82) is 0 Å². The highest BCUT2D eigenvalue weighted by atomic mass is 16.5. The molecule has 116 valence electrons. The first-order valence-electron chi connectivity index (χ1n) is 7.82. The van der Waals surface area contributed by atoms with Crippen molar-refractivity contribution in [1.82, 2.24) is 4.90 Å². The molecule has 2 rings (SSSR count). The van der Waals surface area contributed by atoms with E-state index in [2.05, 4.69) is 60.4 Å². The van der Waals surface area contributed by atoms with Gasteiger partial charge in [-0.15, -0.1) is 0 Å². The van der Waals surface area contributed by atoms with Crippen LogP contribution in [0.5, 0.6) is 5.75 Å². The van der Waals surface area contributed by atoms with E-state index in [1.165, 1.54) is 16.7 Å². The lowest BCUT2D eigenvalue weighted by atomic mass is 10.0. The average molecular weight is 295 g/mol. The summed E-state index contributed by atoms with van der Waals surface area (Å²) in [5.41, 5.74) is 3.85. The molecule has 0 spiro atoms. The zero-order valence-corrected chi connectivity index (χ0v) is 13.8. The van der Waals surface area contributed by atoms with E-state index in [-0.39, 0.29) is 0 Å². The Morgan fingerprint density at radius 1 is 1.00 bits per heavy atom. The Balaban J connectivity index is 2.04. The van der Waals surface area contributed by atoms with Crippen molar-refractivity contribution in [3.63, 3.8) is 0 Å². The zero-order chi connectivity index (χ0) is 15.8. The fourth-order valence-electron chi connectivity index (χ4n) is 2.25. The van der Waals surface area contributed by atoms with E-state index in [0.717, 1.165) is 18.7 Å². The number of hydrogen-bond acceptors (Lipinski definition) is 2. The highest BCUT2D eigenvalue weighted by Gasteiger charge is 2.00. The maximum atomic E-state index is 5.73. The highest BCUT2D eigenvalue weighted by Crippen LogP contribution is 2.22. The van der Waals surface area contributed by atoms with Gasteiger partial charge in [-0.3, -0.25) is 0 Å². The molecular weight excluding hydrogens is 270 g/mol. The normalized spacial score (nSPS) is 11.7. The summed E-state index contributed by atoms with van der Waals surface area (Å²) < 4.78 is 5.73. The van der Waals surface area contributed by atoms with Gasteiger partial charge in [-0.1, -0.05) is 55.5 Å². The third-order valence-electron chi connectivity index (χ3n) is 3.55. The van der Waals surface area contributed by atoms with Crippen LogP contribution in [0.1, 0.15) is 24.5 Å². The fraction of sp³-hybridized carbons (Fsp3) is 0.300. The minimum absolute atomic E-state index is 0.715. The van der Waals surface area contributed by atoms with E-state index >= 15 is 0 Å². The van der Waals surface area contributed by atoms with Crippen molar-refractivity contribution in [3.05, 3.63) is 65.7 Å². The van der Waals surface area contributed by atoms with Crippen LogP contribution in [0, 0.1) is 0 Å². The van der Waals surface area contributed by atoms with Crippen LogP contribution in [-0.4, -0.2) is 32.1 Å². The van der Waals surface area contributed by atoms with Crippen molar-refractivity contribution in [2.45, 2.75) is 13.3 Å². The predicted molar refractivity (Wildman–Crippen MR) is 95.1 cm³/mol. The molecule has 0 aliphatic heterocycles. The fourth-order valence-corrected chi connectivity index (χ4v) is 2.25.